The summed E-state index contributed by atoms with van der Waals surface area (Å²) in [6, 6.07) is 3.47. The summed E-state index contributed by atoms with van der Waals surface area (Å²) in [4.78, 5) is 11.7. The fourth-order valence-corrected chi connectivity index (χ4v) is 2.60. The maximum Gasteiger partial charge on any atom is 0.269 e. The van der Waals surface area contributed by atoms with Crippen LogP contribution in [-0.2, 0) is 4.74 Å². The molecule has 16 heavy (non-hydrogen) atoms. The van der Waals surface area contributed by atoms with Crippen molar-refractivity contribution in [2.45, 2.75) is 18.7 Å². The van der Waals surface area contributed by atoms with E-state index >= 15 is 0 Å². The van der Waals surface area contributed by atoms with Crippen molar-refractivity contribution in [1.82, 2.24) is 9.88 Å². The Morgan fingerprint density at radius 2 is 2.38 bits per heavy atom. The second-order valence-electron chi connectivity index (χ2n) is 3.62. The lowest BCUT2D eigenvalue weighted by molar-refractivity contribution is 0.0101. The molecule has 2 heterocycles. The van der Waals surface area contributed by atoms with Gasteiger partial charge in [-0.25, -0.2) is 0 Å². The summed E-state index contributed by atoms with van der Waals surface area (Å²) in [5.74, 6) is -0.160. The lowest BCUT2D eigenvalue weighted by atomic mass is 10.1. The third-order valence-electron chi connectivity index (χ3n) is 2.73. The predicted molar refractivity (Wildman–Crippen MR) is 61.1 cm³/mol. The molecule has 0 aliphatic carbocycles. The molecule has 1 aliphatic heterocycles. The van der Waals surface area contributed by atoms with E-state index in [1.54, 1.807) is 6.07 Å². The Bertz CT molecular complexity index is 405. The van der Waals surface area contributed by atoms with Crippen molar-refractivity contribution in [3.05, 3.63) is 22.4 Å². The number of carbonyl (C=O) groups is 1. The Morgan fingerprint density at radius 1 is 1.62 bits per heavy atom. The number of amides is 1. The minimum Gasteiger partial charge on any atom is -0.396 e. The Balaban J connectivity index is 2.43. The van der Waals surface area contributed by atoms with Crippen LogP contribution in [0.5, 0.6) is 0 Å². The summed E-state index contributed by atoms with van der Waals surface area (Å²) < 4.78 is 7.89. The molecule has 2 atom stereocenters. The van der Waals surface area contributed by atoms with Crippen LogP contribution in [0.4, 0.5) is 0 Å². The van der Waals surface area contributed by atoms with E-state index in [1.165, 1.54) is 7.11 Å². The normalized spacial score (nSPS) is 24.1. The highest BCUT2D eigenvalue weighted by Crippen LogP contribution is 2.29. The number of methoxy groups -OCH3 is 1. The molecule has 0 saturated heterocycles. The van der Waals surface area contributed by atoms with Crippen LogP contribution < -0.4 is 5.32 Å². The number of aromatic nitrogens is 1. The van der Waals surface area contributed by atoms with Gasteiger partial charge < -0.3 is 19.7 Å². The van der Waals surface area contributed by atoms with Crippen LogP contribution in [0.15, 0.2) is 16.7 Å². The van der Waals surface area contributed by atoms with Crippen molar-refractivity contribution in [3.63, 3.8) is 0 Å². The molecular formula is C10H13BrN2O3. The second kappa shape index (κ2) is 4.57. The first-order chi connectivity index (χ1) is 7.69. The van der Waals surface area contributed by atoms with Gasteiger partial charge in [0.25, 0.3) is 5.91 Å². The van der Waals surface area contributed by atoms with E-state index in [1.807, 2.05) is 10.6 Å². The van der Waals surface area contributed by atoms with Gasteiger partial charge in [-0.1, -0.05) is 0 Å². The highest BCUT2D eigenvalue weighted by molar-refractivity contribution is 9.10. The van der Waals surface area contributed by atoms with Crippen molar-refractivity contribution >= 4 is 21.8 Å². The molecule has 0 radical (unpaired) electrons. The minimum atomic E-state index is -0.407. The zero-order valence-corrected chi connectivity index (χ0v) is 10.4. The molecule has 0 fully saturated rings. The molecule has 1 aromatic rings. The summed E-state index contributed by atoms with van der Waals surface area (Å²) in [7, 11) is 1.54. The van der Waals surface area contributed by atoms with Crippen LogP contribution in [0.3, 0.4) is 0 Å². The number of carbonyl (C=O) groups excluding carboxylic acids is 1. The van der Waals surface area contributed by atoms with Gasteiger partial charge in [-0.15, -0.1) is 0 Å². The molecule has 0 bridgehead atoms. The van der Waals surface area contributed by atoms with E-state index in [9.17, 15) is 4.79 Å². The van der Waals surface area contributed by atoms with Crippen molar-refractivity contribution in [1.29, 1.82) is 0 Å². The average molecular weight is 289 g/mol. The van der Waals surface area contributed by atoms with Gasteiger partial charge in [-0.2, -0.15) is 0 Å². The monoisotopic (exact) mass is 288 g/mol. The number of nitrogens with zero attached hydrogens (tertiary/aromatic N) is 1. The van der Waals surface area contributed by atoms with Crippen LogP contribution in [0.25, 0.3) is 0 Å². The van der Waals surface area contributed by atoms with Crippen molar-refractivity contribution < 1.29 is 14.6 Å². The van der Waals surface area contributed by atoms with Gasteiger partial charge in [0.2, 0.25) is 0 Å². The SMILES string of the molecule is CO[C@H]1NC(=O)c2ccc(Br)n2[C@@H]1CCO. The third kappa shape index (κ3) is 1.77. The van der Waals surface area contributed by atoms with Crippen LogP contribution in [0.2, 0.25) is 0 Å². The summed E-state index contributed by atoms with van der Waals surface area (Å²) in [6.45, 7) is 0.0461. The van der Waals surface area contributed by atoms with Crippen LogP contribution >= 0.6 is 15.9 Å². The molecule has 0 aromatic carbocycles. The van der Waals surface area contributed by atoms with E-state index in [0.29, 0.717) is 12.1 Å². The van der Waals surface area contributed by atoms with E-state index in [0.717, 1.165) is 4.60 Å². The van der Waals surface area contributed by atoms with E-state index in [4.69, 9.17) is 9.84 Å². The quantitative estimate of drug-likeness (QED) is 0.868. The molecular weight excluding hydrogens is 276 g/mol. The molecule has 0 unspecified atom stereocenters. The largest absolute Gasteiger partial charge is 0.396 e. The lowest BCUT2D eigenvalue weighted by Gasteiger charge is -2.33. The standard InChI is InChI=1S/C10H13BrN2O3/c1-16-10-7(4-5-14)13-6(9(15)12-10)2-3-8(13)11/h2-3,7,10,14H,4-5H2,1H3,(H,12,15)/t7-,10-/m1/s1. The van der Waals surface area contributed by atoms with Gasteiger partial charge in [-0.3, -0.25) is 4.79 Å². The first-order valence-electron chi connectivity index (χ1n) is 5.00. The fraction of sp³-hybridized carbons (Fsp3) is 0.500. The van der Waals surface area contributed by atoms with Crippen LogP contribution in [0.1, 0.15) is 23.0 Å². The molecule has 1 amide bonds. The smallest absolute Gasteiger partial charge is 0.269 e. The number of hydrogen-bond donors (Lipinski definition) is 2. The first kappa shape index (κ1) is 11.6. The van der Waals surface area contributed by atoms with Gasteiger partial charge in [-0.05, 0) is 34.5 Å². The van der Waals surface area contributed by atoms with Gasteiger partial charge in [0.05, 0.1) is 10.6 Å². The van der Waals surface area contributed by atoms with Crippen LogP contribution in [0, 0.1) is 0 Å². The predicted octanol–water partition coefficient (Wildman–Crippen LogP) is 0.890. The first-order valence-corrected chi connectivity index (χ1v) is 5.79. The zero-order valence-electron chi connectivity index (χ0n) is 8.81. The molecule has 2 rings (SSSR count). The van der Waals surface area contributed by atoms with Crippen LogP contribution in [-0.4, -0.2) is 35.5 Å². The average Bonchev–Trinajstić information content (AvgIpc) is 2.65. The number of rotatable bonds is 3. The summed E-state index contributed by atoms with van der Waals surface area (Å²) in [5, 5.41) is 11.8. The molecule has 0 spiro atoms. The summed E-state index contributed by atoms with van der Waals surface area (Å²) in [5.41, 5.74) is 0.582. The Labute approximate surface area is 102 Å². The molecule has 0 saturated carbocycles. The van der Waals surface area contributed by atoms with Gasteiger partial charge in [0.1, 0.15) is 5.69 Å². The number of halogens is 1. The molecule has 1 aliphatic rings. The summed E-state index contributed by atoms with van der Waals surface area (Å²) >= 11 is 3.39. The van der Waals surface area contributed by atoms with E-state index in [-0.39, 0.29) is 18.6 Å². The Hall–Kier alpha value is -0.850. The molecule has 1 aromatic heterocycles. The van der Waals surface area contributed by atoms with E-state index in [2.05, 4.69) is 21.2 Å². The molecule has 6 heteroatoms. The second-order valence-corrected chi connectivity index (χ2v) is 4.43. The van der Waals surface area contributed by atoms with Crippen molar-refractivity contribution in [2.75, 3.05) is 13.7 Å². The van der Waals surface area contributed by atoms with Crippen molar-refractivity contribution in [3.8, 4) is 0 Å². The highest BCUT2D eigenvalue weighted by Gasteiger charge is 2.33. The lowest BCUT2D eigenvalue weighted by Crippen LogP contribution is -2.48. The number of nitrogens with one attached hydrogen (secondary N) is 1. The Kier molecular flexibility index (Phi) is 3.32. The topological polar surface area (TPSA) is 63.5 Å². The van der Waals surface area contributed by atoms with Gasteiger partial charge in [0.15, 0.2) is 6.23 Å². The number of fused-ring (bicyclic) bond motifs is 1. The minimum absolute atomic E-state index is 0.0461. The van der Waals surface area contributed by atoms with Gasteiger partial charge >= 0.3 is 0 Å². The molecule has 5 nitrogen and oxygen atoms in total. The fourth-order valence-electron chi connectivity index (χ4n) is 2.01. The zero-order chi connectivity index (χ0) is 11.7. The molecule has 2 N–H and O–H groups in total. The maximum absolute atomic E-state index is 11.7. The molecule has 88 valence electrons. The third-order valence-corrected chi connectivity index (χ3v) is 3.38. The van der Waals surface area contributed by atoms with Crippen molar-refractivity contribution in [2.24, 2.45) is 0 Å². The number of aliphatic hydroxyl groups is 1. The summed E-state index contributed by atoms with van der Waals surface area (Å²) in [6.07, 6.45) is 0.120. The number of hydrogen-bond acceptors (Lipinski definition) is 3. The van der Waals surface area contributed by atoms with E-state index < -0.39 is 6.23 Å². The highest BCUT2D eigenvalue weighted by atomic mass is 79.9. The maximum atomic E-state index is 11.7. The van der Waals surface area contributed by atoms with Gasteiger partial charge in [0, 0.05) is 13.7 Å². The number of ether oxygens (including phenoxy) is 1. The number of aliphatic hydroxyl groups excluding tert-OH is 1. The Morgan fingerprint density at radius 3 is 3.00 bits per heavy atom.